The Morgan fingerprint density at radius 2 is 2.00 bits per heavy atom. The maximum absolute atomic E-state index is 14.0. The minimum atomic E-state index is -1.09. The molecule has 2 fully saturated rings. The van der Waals surface area contributed by atoms with Crippen molar-refractivity contribution < 1.29 is 28.6 Å². The highest BCUT2D eigenvalue weighted by molar-refractivity contribution is 5.77. The van der Waals surface area contributed by atoms with E-state index in [2.05, 4.69) is 0 Å². The lowest BCUT2D eigenvalue weighted by Gasteiger charge is -2.52. The van der Waals surface area contributed by atoms with Gasteiger partial charge in [0.1, 0.15) is 0 Å². The first kappa shape index (κ1) is 18.7. The number of likely N-dealkylation sites (tertiary alicyclic amines) is 2. The van der Waals surface area contributed by atoms with Crippen molar-refractivity contribution >= 4 is 11.9 Å². The topological polar surface area (TPSA) is 81.1 Å². The standard InChI is InChI=1S/C18H22F2N2O4/c19-13-4-1-3-12(16(13)20)9-21-8-5-14-18(11-21,17(25)26)6-2-7-22(14)10-15(23)24/h1,3-4,14H,2,5-11H2,(H,23,24)(H,25,26)/t14-,18+/m1/s1. The van der Waals surface area contributed by atoms with Crippen molar-refractivity contribution in [3.63, 3.8) is 0 Å². The lowest BCUT2D eigenvalue weighted by Crippen LogP contribution is -2.64. The molecule has 0 spiro atoms. The summed E-state index contributed by atoms with van der Waals surface area (Å²) in [5.41, 5.74) is -0.891. The van der Waals surface area contributed by atoms with Gasteiger partial charge < -0.3 is 10.2 Å². The van der Waals surface area contributed by atoms with Crippen LogP contribution in [0, 0.1) is 17.0 Å². The first-order valence-corrected chi connectivity index (χ1v) is 8.68. The van der Waals surface area contributed by atoms with E-state index in [4.69, 9.17) is 5.11 Å². The molecule has 0 unspecified atom stereocenters. The molecule has 1 aromatic rings. The predicted molar refractivity (Wildman–Crippen MR) is 88.6 cm³/mol. The van der Waals surface area contributed by atoms with E-state index in [-0.39, 0.29) is 31.2 Å². The van der Waals surface area contributed by atoms with E-state index in [1.165, 1.54) is 12.1 Å². The van der Waals surface area contributed by atoms with Crippen LogP contribution in [0.15, 0.2) is 18.2 Å². The molecule has 2 saturated heterocycles. The number of rotatable bonds is 5. The van der Waals surface area contributed by atoms with Crippen LogP contribution in [0.3, 0.4) is 0 Å². The number of halogens is 2. The lowest BCUT2D eigenvalue weighted by molar-refractivity contribution is -0.166. The van der Waals surface area contributed by atoms with E-state index in [0.29, 0.717) is 32.4 Å². The number of hydrogen-bond donors (Lipinski definition) is 2. The summed E-state index contributed by atoms with van der Waals surface area (Å²) < 4.78 is 27.4. The van der Waals surface area contributed by atoms with E-state index >= 15 is 0 Å². The zero-order valence-electron chi connectivity index (χ0n) is 14.3. The largest absolute Gasteiger partial charge is 0.481 e. The molecule has 0 aromatic heterocycles. The summed E-state index contributed by atoms with van der Waals surface area (Å²) in [7, 11) is 0. The van der Waals surface area contributed by atoms with Crippen LogP contribution < -0.4 is 0 Å². The van der Waals surface area contributed by atoms with Gasteiger partial charge in [0.25, 0.3) is 0 Å². The van der Waals surface area contributed by atoms with Gasteiger partial charge >= 0.3 is 11.9 Å². The monoisotopic (exact) mass is 368 g/mol. The number of aliphatic carboxylic acids is 2. The van der Waals surface area contributed by atoms with Gasteiger partial charge in [-0.1, -0.05) is 12.1 Å². The summed E-state index contributed by atoms with van der Waals surface area (Å²) in [5, 5.41) is 19.0. The van der Waals surface area contributed by atoms with Crippen LogP contribution in [0.2, 0.25) is 0 Å². The van der Waals surface area contributed by atoms with Crippen molar-refractivity contribution in [3.05, 3.63) is 35.4 Å². The summed E-state index contributed by atoms with van der Waals surface area (Å²) in [4.78, 5) is 26.8. The van der Waals surface area contributed by atoms with Gasteiger partial charge in [0.2, 0.25) is 0 Å². The smallest absolute Gasteiger partial charge is 0.317 e. The predicted octanol–water partition coefficient (Wildman–Crippen LogP) is 1.79. The molecular formula is C18H22F2N2O4. The second-order valence-electron chi connectivity index (χ2n) is 7.16. The number of piperidine rings is 2. The van der Waals surface area contributed by atoms with E-state index in [1.807, 2.05) is 4.90 Å². The number of carboxylic acid groups (broad SMARTS) is 2. The van der Waals surface area contributed by atoms with E-state index in [9.17, 15) is 23.5 Å². The molecule has 1 aromatic carbocycles. The van der Waals surface area contributed by atoms with Crippen molar-refractivity contribution in [2.75, 3.05) is 26.2 Å². The number of nitrogens with zero attached hydrogens (tertiary/aromatic N) is 2. The highest BCUT2D eigenvalue weighted by atomic mass is 19.2. The van der Waals surface area contributed by atoms with Gasteiger partial charge in [0, 0.05) is 31.2 Å². The Hall–Kier alpha value is -2.06. The van der Waals surface area contributed by atoms with Gasteiger partial charge in [-0.15, -0.1) is 0 Å². The average molecular weight is 368 g/mol. The summed E-state index contributed by atoms with van der Waals surface area (Å²) in [6.07, 6.45) is 1.53. The number of fused-ring (bicyclic) bond motifs is 1. The van der Waals surface area contributed by atoms with Gasteiger partial charge in [-0.05, 0) is 31.9 Å². The summed E-state index contributed by atoms with van der Waals surface area (Å²) >= 11 is 0. The fourth-order valence-corrected chi connectivity index (χ4v) is 4.42. The van der Waals surface area contributed by atoms with Crippen LogP contribution in [0.25, 0.3) is 0 Å². The molecule has 0 aliphatic carbocycles. The van der Waals surface area contributed by atoms with E-state index in [1.54, 1.807) is 4.90 Å². The third-order valence-corrected chi connectivity index (χ3v) is 5.56. The molecule has 3 rings (SSSR count). The molecule has 2 heterocycles. The van der Waals surface area contributed by atoms with Gasteiger partial charge in [-0.2, -0.15) is 0 Å². The first-order chi connectivity index (χ1) is 12.3. The highest BCUT2D eigenvalue weighted by Crippen LogP contribution is 2.42. The van der Waals surface area contributed by atoms with Crippen LogP contribution in [0.4, 0.5) is 8.78 Å². The SMILES string of the molecule is O=C(O)CN1CCC[C@]2(C(=O)O)CN(Cc3cccc(F)c3F)CC[C@@H]12. The van der Waals surface area contributed by atoms with E-state index in [0.717, 1.165) is 6.07 Å². The maximum atomic E-state index is 14.0. The zero-order chi connectivity index (χ0) is 18.9. The van der Waals surface area contributed by atoms with Crippen molar-refractivity contribution in [2.45, 2.75) is 31.8 Å². The van der Waals surface area contributed by atoms with Crippen molar-refractivity contribution in [2.24, 2.45) is 5.41 Å². The molecule has 2 atom stereocenters. The number of carbonyl (C=O) groups is 2. The number of hydrogen-bond acceptors (Lipinski definition) is 4. The summed E-state index contributed by atoms with van der Waals surface area (Å²) in [6.45, 7) is 1.21. The average Bonchev–Trinajstić information content (AvgIpc) is 2.58. The second kappa shape index (κ2) is 7.28. The third kappa shape index (κ3) is 3.43. The Morgan fingerprint density at radius 3 is 2.69 bits per heavy atom. The van der Waals surface area contributed by atoms with Crippen LogP contribution in [-0.4, -0.2) is 64.2 Å². The molecule has 2 aliphatic rings. The van der Waals surface area contributed by atoms with E-state index < -0.39 is 29.0 Å². The second-order valence-corrected chi connectivity index (χ2v) is 7.16. The quantitative estimate of drug-likeness (QED) is 0.825. The Morgan fingerprint density at radius 1 is 1.23 bits per heavy atom. The van der Waals surface area contributed by atoms with Crippen LogP contribution in [0.5, 0.6) is 0 Å². The van der Waals surface area contributed by atoms with Crippen LogP contribution in [-0.2, 0) is 16.1 Å². The van der Waals surface area contributed by atoms with Crippen LogP contribution >= 0.6 is 0 Å². The first-order valence-electron chi connectivity index (χ1n) is 8.68. The Kier molecular flexibility index (Phi) is 5.24. The molecule has 0 bridgehead atoms. The Bertz CT molecular complexity index is 714. The van der Waals surface area contributed by atoms with Crippen molar-refractivity contribution in [1.29, 1.82) is 0 Å². The van der Waals surface area contributed by atoms with Crippen molar-refractivity contribution in [3.8, 4) is 0 Å². The van der Waals surface area contributed by atoms with Gasteiger partial charge in [-0.3, -0.25) is 19.4 Å². The fraction of sp³-hybridized carbons (Fsp3) is 0.556. The summed E-state index contributed by atoms with van der Waals surface area (Å²) in [6, 6.07) is 3.62. The molecule has 0 radical (unpaired) electrons. The molecule has 0 saturated carbocycles. The summed E-state index contributed by atoms with van der Waals surface area (Å²) in [5.74, 6) is -3.76. The zero-order valence-corrected chi connectivity index (χ0v) is 14.3. The molecule has 0 amide bonds. The molecule has 26 heavy (non-hydrogen) atoms. The minimum absolute atomic E-state index is 0.129. The molecule has 6 nitrogen and oxygen atoms in total. The minimum Gasteiger partial charge on any atom is -0.481 e. The maximum Gasteiger partial charge on any atom is 0.317 e. The molecule has 8 heteroatoms. The van der Waals surface area contributed by atoms with Crippen LogP contribution in [0.1, 0.15) is 24.8 Å². The normalized spacial score (nSPS) is 27.1. The third-order valence-electron chi connectivity index (χ3n) is 5.56. The molecule has 142 valence electrons. The number of carboxylic acids is 2. The lowest BCUT2D eigenvalue weighted by atomic mass is 9.69. The molecular weight excluding hydrogens is 346 g/mol. The Labute approximate surface area is 150 Å². The highest BCUT2D eigenvalue weighted by Gasteiger charge is 2.53. The van der Waals surface area contributed by atoms with Gasteiger partial charge in [0.15, 0.2) is 11.6 Å². The molecule has 2 N–H and O–H groups in total. The Balaban J connectivity index is 1.81. The van der Waals surface area contributed by atoms with Gasteiger partial charge in [-0.25, -0.2) is 8.78 Å². The fourth-order valence-electron chi connectivity index (χ4n) is 4.42. The van der Waals surface area contributed by atoms with Crippen molar-refractivity contribution in [1.82, 2.24) is 9.80 Å². The molecule has 2 aliphatic heterocycles. The number of benzene rings is 1. The van der Waals surface area contributed by atoms with Gasteiger partial charge in [0.05, 0.1) is 12.0 Å².